The van der Waals surface area contributed by atoms with Crippen molar-refractivity contribution in [2.45, 2.75) is 11.3 Å². The monoisotopic (exact) mass is 419 g/mol. The maximum atomic E-state index is 13.8. The summed E-state index contributed by atoms with van der Waals surface area (Å²) in [5, 5.41) is 5.61. The Labute approximate surface area is 174 Å². The van der Waals surface area contributed by atoms with Gasteiger partial charge >= 0.3 is 0 Å². The van der Waals surface area contributed by atoms with E-state index in [9.17, 15) is 8.42 Å². The van der Waals surface area contributed by atoms with Crippen molar-refractivity contribution in [2.75, 3.05) is 20.2 Å². The van der Waals surface area contributed by atoms with Gasteiger partial charge in [-0.3, -0.25) is 4.98 Å². The molecule has 1 N–H and O–H groups in total. The summed E-state index contributed by atoms with van der Waals surface area (Å²) in [6, 6.07) is 12.9. The van der Waals surface area contributed by atoms with Gasteiger partial charge in [0.15, 0.2) is 0 Å². The van der Waals surface area contributed by atoms with Gasteiger partial charge in [0.1, 0.15) is 10.6 Å². The third kappa shape index (κ3) is 2.98. The number of rotatable bonds is 4. The maximum Gasteiger partial charge on any atom is 0.270 e. The molecule has 0 bridgehead atoms. The SMILES string of the molecule is COc1ccc2c(c1)c(C1=CCNCC1)cn2S(=O)(=O)c1cncc2ccccc12. The van der Waals surface area contributed by atoms with Crippen LogP contribution >= 0.6 is 0 Å². The summed E-state index contributed by atoms with van der Waals surface area (Å²) >= 11 is 0. The van der Waals surface area contributed by atoms with E-state index in [1.807, 2.05) is 30.3 Å². The normalized spacial score (nSPS) is 14.8. The highest BCUT2D eigenvalue weighted by atomic mass is 32.2. The largest absolute Gasteiger partial charge is 0.497 e. The van der Waals surface area contributed by atoms with Gasteiger partial charge in [0, 0.05) is 46.9 Å². The van der Waals surface area contributed by atoms with Gasteiger partial charge < -0.3 is 10.1 Å². The zero-order valence-corrected chi connectivity index (χ0v) is 17.3. The number of benzene rings is 2. The summed E-state index contributed by atoms with van der Waals surface area (Å²) in [6.45, 7) is 1.63. The minimum Gasteiger partial charge on any atom is -0.497 e. The number of hydrogen-bond acceptors (Lipinski definition) is 5. The third-order valence-electron chi connectivity index (χ3n) is 5.56. The zero-order chi connectivity index (χ0) is 20.7. The molecule has 0 saturated heterocycles. The lowest BCUT2D eigenvalue weighted by Crippen LogP contribution is -2.20. The molecule has 0 saturated carbocycles. The number of hydrogen-bond donors (Lipinski definition) is 1. The van der Waals surface area contributed by atoms with Gasteiger partial charge in [-0.05, 0) is 36.7 Å². The van der Waals surface area contributed by atoms with Gasteiger partial charge in [0.2, 0.25) is 0 Å². The van der Waals surface area contributed by atoms with Crippen LogP contribution in [0.15, 0.2) is 72.0 Å². The molecule has 152 valence electrons. The number of ether oxygens (including phenoxy) is 1. The predicted molar refractivity (Wildman–Crippen MR) is 118 cm³/mol. The van der Waals surface area contributed by atoms with Crippen LogP contribution in [-0.4, -0.2) is 37.6 Å². The van der Waals surface area contributed by atoms with E-state index in [2.05, 4.69) is 16.4 Å². The van der Waals surface area contributed by atoms with Crippen LogP contribution in [0.5, 0.6) is 5.75 Å². The van der Waals surface area contributed by atoms with E-state index < -0.39 is 10.0 Å². The van der Waals surface area contributed by atoms with Crippen LogP contribution in [0.2, 0.25) is 0 Å². The summed E-state index contributed by atoms with van der Waals surface area (Å²) in [5.41, 5.74) is 2.68. The van der Waals surface area contributed by atoms with E-state index in [1.165, 1.54) is 10.2 Å². The Hall–Kier alpha value is -3.16. The average molecular weight is 420 g/mol. The molecule has 2 aromatic heterocycles. The van der Waals surface area contributed by atoms with E-state index in [1.54, 1.807) is 31.6 Å². The number of pyridine rings is 1. The molecule has 1 aliphatic rings. The van der Waals surface area contributed by atoms with Crippen molar-refractivity contribution in [1.82, 2.24) is 14.3 Å². The second-order valence-corrected chi connectivity index (χ2v) is 9.05. The fraction of sp³-hybridized carbons (Fsp3) is 0.174. The molecule has 1 aliphatic heterocycles. The number of nitrogens with one attached hydrogen (secondary N) is 1. The second-order valence-electron chi connectivity index (χ2n) is 7.27. The van der Waals surface area contributed by atoms with Crippen LogP contribution in [0, 0.1) is 0 Å². The van der Waals surface area contributed by atoms with Gasteiger partial charge in [-0.1, -0.05) is 30.3 Å². The number of fused-ring (bicyclic) bond motifs is 2. The molecule has 0 aliphatic carbocycles. The van der Waals surface area contributed by atoms with Crippen molar-refractivity contribution in [2.24, 2.45) is 0 Å². The van der Waals surface area contributed by atoms with Gasteiger partial charge in [-0.2, -0.15) is 0 Å². The molecule has 30 heavy (non-hydrogen) atoms. The van der Waals surface area contributed by atoms with E-state index >= 15 is 0 Å². The molecule has 2 aromatic carbocycles. The van der Waals surface area contributed by atoms with Gasteiger partial charge in [-0.25, -0.2) is 12.4 Å². The Kier molecular flexibility index (Phi) is 4.56. The minimum absolute atomic E-state index is 0.194. The molecule has 0 fully saturated rings. The van der Waals surface area contributed by atoms with Crippen LogP contribution in [0.4, 0.5) is 0 Å². The predicted octanol–water partition coefficient (Wildman–Crippen LogP) is 3.81. The fourth-order valence-electron chi connectivity index (χ4n) is 4.03. The lowest BCUT2D eigenvalue weighted by molar-refractivity contribution is 0.415. The first-order chi connectivity index (χ1) is 14.6. The van der Waals surface area contributed by atoms with Crippen LogP contribution in [0.3, 0.4) is 0 Å². The van der Waals surface area contributed by atoms with Crippen molar-refractivity contribution in [3.8, 4) is 5.75 Å². The summed E-state index contributed by atoms with van der Waals surface area (Å²) in [7, 11) is -2.25. The van der Waals surface area contributed by atoms with Crippen molar-refractivity contribution in [3.63, 3.8) is 0 Å². The maximum absolute atomic E-state index is 13.8. The van der Waals surface area contributed by atoms with E-state index in [-0.39, 0.29) is 4.90 Å². The smallest absolute Gasteiger partial charge is 0.270 e. The first-order valence-corrected chi connectivity index (χ1v) is 11.2. The Bertz CT molecular complexity index is 1400. The van der Waals surface area contributed by atoms with Crippen molar-refractivity contribution in [1.29, 1.82) is 0 Å². The lowest BCUT2D eigenvalue weighted by Gasteiger charge is -2.13. The van der Waals surface area contributed by atoms with Gasteiger partial charge in [0.05, 0.1) is 12.6 Å². The molecule has 0 unspecified atom stereocenters. The minimum atomic E-state index is -3.86. The average Bonchev–Trinajstić information content (AvgIpc) is 3.19. The molecule has 6 nitrogen and oxygen atoms in total. The molecule has 7 heteroatoms. The summed E-state index contributed by atoms with van der Waals surface area (Å²) < 4.78 is 34.3. The summed E-state index contributed by atoms with van der Waals surface area (Å²) in [4.78, 5) is 4.37. The standard InChI is InChI=1S/C23H21N3O3S/c1-29-18-6-7-22-20(12-18)21(16-8-10-24-11-9-16)15-26(22)30(27,28)23-14-25-13-17-4-2-3-5-19(17)23/h2-8,12-15,24H,9-11H2,1H3. The molecular weight excluding hydrogens is 398 g/mol. The molecule has 3 heterocycles. The first-order valence-electron chi connectivity index (χ1n) is 9.77. The first kappa shape index (κ1) is 18.8. The summed E-state index contributed by atoms with van der Waals surface area (Å²) in [5.74, 6) is 0.695. The van der Waals surface area contributed by atoms with Crippen molar-refractivity contribution >= 4 is 37.3 Å². The summed E-state index contributed by atoms with van der Waals surface area (Å²) in [6.07, 6.45) is 7.80. The highest BCUT2D eigenvalue weighted by molar-refractivity contribution is 7.90. The van der Waals surface area contributed by atoms with E-state index in [4.69, 9.17) is 4.74 Å². The molecule has 0 spiro atoms. The lowest BCUT2D eigenvalue weighted by atomic mass is 10.00. The number of aromatic nitrogens is 2. The topological polar surface area (TPSA) is 73.2 Å². The fourth-order valence-corrected chi connectivity index (χ4v) is 5.56. The third-order valence-corrected chi connectivity index (χ3v) is 7.26. The van der Waals surface area contributed by atoms with Crippen molar-refractivity contribution < 1.29 is 13.2 Å². The van der Waals surface area contributed by atoms with Crippen LogP contribution in [-0.2, 0) is 10.0 Å². The van der Waals surface area contributed by atoms with Gasteiger partial charge in [0.25, 0.3) is 10.0 Å². The Morgan fingerprint density at radius 2 is 1.97 bits per heavy atom. The van der Waals surface area contributed by atoms with Crippen LogP contribution < -0.4 is 10.1 Å². The van der Waals surface area contributed by atoms with E-state index in [0.717, 1.165) is 41.4 Å². The zero-order valence-electron chi connectivity index (χ0n) is 16.5. The van der Waals surface area contributed by atoms with Crippen molar-refractivity contribution in [3.05, 3.63) is 72.7 Å². The molecule has 0 radical (unpaired) electrons. The second kappa shape index (κ2) is 7.27. The molecule has 4 aromatic rings. The Morgan fingerprint density at radius 1 is 1.10 bits per heavy atom. The molecule has 0 amide bonds. The molecule has 5 rings (SSSR count). The molecular formula is C23H21N3O3S. The quantitative estimate of drug-likeness (QED) is 0.545. The van der Waals surface area contributed by atoms with Crippen LogP contribution in [0.1, 0.15) is 12.0 Å². The van der Waals surface area contributed by atoms with Gasteiger partial charge in [-0.15, -0.1) is 0 Å². The number of nitrogens with zero attached hydrogens (tertiary/aromatic N) is 2. The highest BCUT2D eigenvalue weighted by Gasteiger charge is 2.25. The van der Waals surface area contributed by atoms with E-state index in [0.29, 0.717) is 16.7 Å². The number of methoxy groups -OCH3 is 1. The molecule has 0 atom stereocenters. The highest BCUT2D eigenvalue weighted by Crippen LogP contribution is 2.35. The Morgan fingerprint density at radius 3 is 2.77 bits per heavy atom. The van der Waals surface area contributed by atoms with Crippen LogP contribution in [0.25, 0.3) is 27.2 Å². The Balaban J connectivity index is 1.79.